The van der Waals surface area contributed by atoms with Gasteiger partial charge in [-0.3, -0.25) is 19.3 Å². The molecule has 2 rings (SSSR count). The molecular weight excluding hydrogens is 232 g/mol. The lowest BCUT2D eigenvalue weighted by atomic mass is 10.00. The highest BCUT2D eigenvalue weighted by molar-refractivity contribution is 6.19. The molecule has 0 aliphatic carbocycles. The Balaban J connectivity index is 2.07. The highest BCUT2D eigenvalue weighted by Crippen LogP contribution is 2.32. The van der Waals surface area contributed by atoms with E-state index in [0.29, 0.717) is 13.1 Å². The van der Waals surface area contributed by atoms with Gasteiger partial charge in [-0.25, -0.2) is 0 Å². The van der Waals surface area contributed by atoms with Crippen molar-refractivity contribution >= 4 is 29.3 Å². The summed E-state index contributed by atoms with van der Waals surface area (Å²) in [5.74, 6) is -0.819. The van der Waals surface area contributed by atoms with Crippen LogP contribution in [0.1, 0.15) is 6.42 Å². The second-order valence-corrected chi connectivity index (χ2v) is 4.56. The van der Waals surface area contributed by atoms with Crippen LogP contribution in [0.5, 0.6) is 0 Å². The predicted octanol–water partition coefficient (Wildman–Crippen LogP) is -0.312. The normalized spacial score (nSPS) is 28.9. The van der Waals surface area contributed by atoms with Crippen molar-refractivity contribution in [2.45, 2.75) is 6.42 Å². The van der Waals surface area contributed by atoms with Crippen LogP contribution in [0.2, 0.25) is 0 Å². The van der Waals surface area contributed by atoms with Gasteiger partial charge in [-0.15, -0.1) is 11.6 Å². The number of imide groups is 1. The Morgan fingerprint density at radius 2 is 1.81 bits per heavy atom. The van der Waals surface area contributed by atoms with Gasteiger partial charge in [-0.1, -0.05) is 0 Å². The fraction of sp³-hybridized carbons (Fsp3) is 0.700. The second kappa shape index (κ2) is 4.05. The van der Waals surface area contributed by atoms with Gasteiger partial charge in [0.25, 0.3) is 0 Å². The summed E-state index contributed by atoms with van der Waals surface area (Å²) in [4.78, 5) is 37.6. The van der Waals surface area contributed by atoms with E-state index in [4.69, 9.17) is 11.6 Å². The summed E-state index contributed by atoms with van der Waals surface area (Å²) in [6.45, 7) is 0.713. The van der Waals surface area contributed by atoms with Crippen molar-refractivity contribution < 1.29 is 14.4 Å². The quantitative estimate of drug-likeness (QED) is 0.495. The third-order valence-electron chi connectivity index (χ3n) is 3.28. The van der Waals surface area contributed by atoms with Crippen LogP contribution in [-0.4, -0.2) is 53.5 Å². The molecule has 0 bridgehead atoms. The fourth-order valence-corrected chi connectivity index (χ4v) is 2.51. The van der Waals surface area contributed by atoms with Crippen LogP contribution in [0, 0.1) is 11.8 Å². The third kappa shape index (κ3) is 1.59. The van der Waals surface area contributed by atoms with Crippen molar-refractivity contribution in [2.24, 2.45) is 11.8 Å². The van der Waals surface area contributed by atoms with Crippen molar-refractivity contribution in [1.82, 2.24) is 9.80 Å². The SMILES string of the molecule is CN1C(=O)[C@@H]2CN(C(=O)CCCl)C[C@H]2C1=O. The molecule has 2 fully saturated rings. The Labute approximate surface area is 98.3 Å². The summed E-state index contributed by atoms with van der Waals surface area (Å²) in [7, 11) is 1.49. The topological polar surface area (TPSA) is 57.7 Å². The standard InChI is InChI=1S/C10H13ClN2O3/c1-12-9(15)6-4-13(8(14)2-3-11)5-7(6)10(12)16/h6-7H,2-5H2,1H3/t6-,7-/m1/s1. The number of likely N-dealkylation sites (tertiary alicyclic amines) is 2. The first-order valence-corrected chi connectivity index (χ1v) is 5.75. The van der Waals surface area contributed by atoms with Gasteiger partial charge in [0.1, 0.15) is 0 Å². The smallest absolute Gasteiger partial charge is 0.234 e. The van der Waals surface area contributed by atoms with Gasteiger partial charge < -0.3 is 4.90 Å². The molecule has 88 valence electrons. The van der Waals surface area contributed by atoms with Crippen molar-refractivity contribution in [2.75, 3.05) is 26.0 Å². The first-order valence-electron chi connectivity index (χ1n) is 5.21. The van der Waals surface area contributed by atoms with Gasteiger partial charge in [0.2, 0.25) is 17.7 Å². The maximum atomic E-state index is 11.7. The molecule has 0 aromatic carbocycles. The van der Waals surface area contributed by atoms with Gasteiger partial charge in [0.15, 0.2) is 0 Å². The Morgan fingerprint density at radius 1 is 1.31 bits per heavy atom. The highest BCUT2D eigenvalue weighted by atomic mass is 35.5. The number of carbonyl (C=O) groups excluding carboxylic acids is 3. The predicted molar refractivity (Wildman–Crippen MR) is 56.7 cm³/mol. The molecule has 0 aromatic rings. The lowest BCUT2D eigenvalue weighted by Gasteiger charge is -2.18. The number of alkyl halides is 1. The van der Waals surface area contributed by atoms with E-state index in [1.165, 1.54) is 11.9 Å². The van der Waals surface area contributed by atoms with Crippen LogP contribution in [-0.2, 0) is 14.4 Å². The number of fused-ring (bicyclic) bond motifs is 1. The summed E-state index contributed by atoms with van der Waals surface area (Å²) >= 11 is 5.49. The minimum atomic E-state index is -0.336. The average Bonchev–Trinajstić information content (AvgIpc) is 2.77. The zero-order chi connectivity index (χ0) is 11.9. The van der Waals surface area contributed by atoms with Crippen LogP contribution < -0.4 is 0 Å². The molecule has 2 atom stereocenters. The van der Waals surface area contributed by atoms with Crippen LogP contribution in [0.4, 0.5) is 0 Å². The maximum absolute atomic E-state index is 11.7. The highest BCUT2D eigenvalue weighted by Gasteiger charge is 2.51. The van der Waals surface area contributed by atoms with Crippen molar-refractivity contribution in [3.8, 4) is 0 Å². The molecule has 3 amide bonds. The van der Waals surface area contributed by atoms with E-state index in [1.807, 2.05) is 0 Å². The molecule has 0 N–H and O–H groups in total. The molecule has 2 aliphatic rings. The molecule has 6 heteroatoms. The molecule has 0 unspecified atom stereocenters. The molecule has 2 aliphatic heterocycles. The zero-order valence-electron chi connectivity index (χ0n) is 8.98. The van der Waals surface area contributed by atoms with E-state index in [-0.39, 0.29) is 41.9 Å². The zero-order valence-corrected chi connectivity index (χ0v) is 9.74. The van der Waals surface area contributed by atoms with Gasteiger partial charge in [-0.2, -0.15) is 0 Å². The van der Waals surface area contributed by atoms with E-state index in [2.05, 4.69) is 0 Å². The number of nitrogens with zero attached hydrogens (tertiary/aromatic N) is 2. The van der Waals surface area contributed by atoms with Crippen LogP contribution in [0.15, 0.2) is 0 Å². The fourth-order valence-electron chi connectivity index (χ4n) is 2.35. The van der Waals surface area contributed by atoms with Gasteiger partial charge in [0, 0.05) is 32.4 Å². The summed E-state index contributed by atoms with van der Waals surface area (Å²) in [6, 6.07) is 0. The number of halogens is 1. The van der Waals surface area contributed by atoms with Crippen LogP contribution in [0.25, 0.3) is 0 Å². The largest absolute Gasteiger partial charge is 0.341 e. The van der Waals surface area contributed by atoms with Gasteiger partial charge in [-0.05, 0) is 0 Å². The summed E-state index contributed by atoms with van der Waals surface area (Å²) in [5.41, 5.74) is 0. The molecule has 0 spiro atoms. The molecule has 2 saturated heterocycles. The van der Waals surface area contributed by atoms with E-state index in [0.717, 1.165) is 0 Å². The Kier molecular flexibility index (Phi) is 2.88. The Bertz CT molecular complexity index is 334. The van der Waals surface area contributed by atoms with E-state index in [1.54, 1.807) is 4.90 Å². The van der Waals surface area contributed by atoms with E-state index >= 15 is 0 Å². The lowest BCUT2D eigenvalue weighted by Crippen LogP contribution is -2.36. The number of amides is 3. The first-order chi connectivity index (χ1) is 7.56. The van der Waals surface area contributed by atoms with Crippen LogP contribution in [0.3, 0.4) is 0 Å². The molecule has 0 saturated carbocycles. The van der Waals surface area contributed by atoms with Crippen molar-refractivity contribution in [3.05, 3.63) is 0 Å². The summed E-state index contributed by atoms with van der Waals surface area (Å²) < 4.78 is 0. The number of rotatable bonds is 2. The Hall–Kier alpha value is -1.10. The Morgan fingerprint density at radius 3 is 2.25 bits per heavy atom. The summed E-state index contributed by atoms with van der Waals surface area (Å²) in [6.07, 6.45) is 0.263. The van der Waals surface area contributed by atoms with E-state index in [9.17, 15) is 14.4 Å². The minimum absolute atomic E-state index is 0.0762. The maximum Gasteiger partial charge on any atom is 0.234 e. The third-order valence-corrected chi connectivity index (χ3v) is 3.47. The molecule has 0 radical (unpaired) electrons. The second-order valence-electron chi connectivity index (χ2n) is 4.19. The minimum Gasteiger partial charge on any atom is -0.341 e. The number of carbonyl (C=O) groups is 3. The lowest BCUT2D eigenvalue weighted by molar-refractivity contribution is -0.139. The molecule has 5 nitrogen and oxygen atoms in total. The van der Waals surface area contributed by atoms with Crippen molar-refractivity contribution in [3.63, 3.8) is 0 Å². The van der Waals surface area contributed by atoms with Gasteiger partial charge in [0.05, 0.1) is 11.8 Å². The molecule has 2 heterocycles. The monoisotopic (exact) mass is 244 g/mol. The average molecular weight is 245 g/mol. The first kappa shape index (κ1) is 11.4. The number of hydrogen-bond donors (Lipinski definition) is 0. The van der Waals surface area contributed by atoms with Crippen molar-refractivity contribution in [1.29, 1.82) is 0 Å². The molecular formula is C10H13ClN2O3. The molecule has 16 heavy (non-hydrogen) atoms. The van der Waals surface area contributed by atoms with E-state index < -0.39 is 0 Å². The van der Waals surface area contributed by atoms with Gasteiger partial charge >= 0.3 is 0 Å². The van der Waals surface area contributed by atoms with Crippen LogP contribution >= 0.6 is 11.6 Å². The summed E-state index contributed by atoms with van der Waals surface area (Å²) in [5, 5.41) is 0. The number of hydrogen-bond acceptors (Lipinski definition) is 3. The molecule has 0 aromatic heterocycles.